The van der Waals surface area contributed by atoms with E-state index in [4.69, 9.17) is 4.74 Å². The largest absolute Gasteiger partial charge is 0.494 e. The highest BCUT2D eigenvalue weighted by molar-refractivity contribution is 5.61. The molecule has 1 aliphatic carbocycles. The van der Waals surface area contributed by atoms with Crippen LogP contribution in [0.4, 0.5) is 0 Å². The number of nitrogens with zero attached hydrogens (tertiary/aromatic N) is 1. The van der Waals surface area contributed by atoms with Crippen molar-refractivity contribution in [3.8, 4) is 17.0 Å². The average Bonchev–Trinajstić information content (AvgIpc) is 3.38. The maximum absolute atomic E-state index is 12.5. The summed E-state index contributed by atoms with van der Waals surface area (Å²) in [5.41, 5.74) is 2.29. The molecule has 4 heteroatoms. The van der Waals surface area contributed by atoms with Gasteiger partial charge in [0.1, 0.15) is 5.75 Å². The normalized spacial score (nSPS) is 14.1. The summed E-state index contributed by atoms with van der Waals surface area (Å²) >= 11 is 0. The van der Waals surface area contributed by atoms with Crippen molar-refractivity contribution in [2.45, 2.75) is 38.8 Å². The lowest BCUT2D eigenvalue weighted by atomic mass is 10.1. The first-order valence-corrected chi connectivity index (χ1v) is 7.83. The molecule has 1 aromatic heterocycles. The second-order valence-corrected chi connectivity index (χ2v) is 5.68. The van der Waals surface area contributed by atoms with Crippen LogP contribution in [0.1, 0.15) is 37.8 Å². The van der Waals surface area contributed by atoms with E-state index in [1.807, 2.05) is 34.9 Å². The van der Waals surface area contributed by atoms with Gasteiger partial charge in [-0.3, -0.25) is 4.79 Å². The summed E-state index contributed by atoms with van der Waals surface area (Å²) in [6.07, 6.45) is 3.03. The molecule has 2 aromatic rings. The van der Waals surface area contributed by atoms with Gasteiger partial charge in [-0.1, -0.05) is 6.92 Å². The molecule has 116 valence electrons. The summed E-state index contributed by atoms with van der Waals surface area (Å²) < 4.78 is 7.42. The van der Waals surface area contributed by atoms with E-state index in [1.165, 1.54) is 0 Å². The number of ether oxygens (including phenoxy) is 1. The summed E-state index contributed by atoms with van der Waals surface area (Å²) in [6.45, 7) is 2.57. The molecule has 0 radical (unpaired) electrons. The fourth-order valence-corrected chi connectivity index (χ4v) is 2.59. The summed E-state index contributed by atoms with van der Waals surface area (Å²) in [7, 11) is 0. The van der Waals surface area contributed by atoms with Gasteiger partial charge in [0.05, 0.1) is 18.9 Å². The van der Waals surface area contributed by atoms with Gasteiger partial charge in [-0.15, -0.1) is 0 Å². The highest BCUT2D eigenvalue weighted by Gasteiger charge is 2.27. The van der Waals surface area contributed by atoms with Gasteiger partial charge in [0.25, 0.3) is 5.56 Å². The molecule has 0 atom stereocenters. The quantitative estimate of drug-likeness (QED) is 0.891. The van der Waals surface area contributed by atoms with E-state index < -0.39 is 0 Å². The SMILES string of the molecule is CCCOc1ccc(-c2ccc(CO)c(=O)n2C2CC2)cc1. The van der Waals surface area contributed by atoms with E-state index in [-0.39, 0.29) is 18.2 Å². The third-order valence-electron chi connectivity index (χ3n) is 3.90. The lowest BCUT2D eigenvalue weighted by Gasteiger charge is -2.14. The second kappa shape index (κ2) is 6.36. The topological polar surface area (TPSA) is 51.5 Å². The van der Waals surface area contributed by atoms with Crippen molar-refractivity contribution in [1.82, 2.24) is 4.57 Å². The highest BCUT2D eigenvalue weighted by Crippen LogP contribution is 2.37. The zero-order chi connectivity index (χ0) is 15.5. The van der Waals surface area contributed by atoms with Gasteiger partial charge < -0.3 is 14.4 Å². The van der Waals surface area contributed by atoms with E-state index in [0.717, 1.165) is 36.3 Å². The van der Waals surface area contributed by atoms with Crippen LogP contribution in [0, 0.1) is 0 Å². The maximum Gasteiger partial charge on any atom is 0.256 e. The zero-order valence-electron chi connectivity index (χ0n) is 12.8. The Labute approximate surface area is 130 Å². The van der Waals surface area contributed by atoms with Crippen LogP contribution >= 0.6 is 0 Å². The van der Waals surface area contributed by atoms with E-state index in [9.17, 15) is 9.90 Å². The number of benzene rings is 1. The molecule has 1 N–H and O–H groups in total. The van der Waals surface area contributed by atoms with Crippen molar-refractivity contribution >= 4 is 0 Å². The minimum atomic E-state index is -0.213. The number of hydrogen-bond acceptors (Lipinski definition) is 3. The number of hydrogen-bond donors (Lipinski definition) is 1. The zero-order valence-corrected chi connectivity index (χ0v) is 12.8. The van der Waals surface area contributed by atoms with Gasteiger partial charge in [0, 0.05) is 11.6 Å². The molecule has 0 amide bonds. The van der Waals surface area contributed by atoms with Crippen molar-refractivity contribution in [2.24, 2.45) is 0 Å². The molecule has 0 unspecified atom stereocenters. The smallest absolute Gasteiger partial charge is 0.256 e. The molecular formula is C18H21NO3. The van der Waals surface area contributed by atoms with E-state index in [2.05, 4.69) is 6.92 Å². The summed E-state index contributed by atoms with van der Waals surface area (Å²) in [5, 5.41) is 9.30. The van der Waals surface area contributed by atoms with Crippen LogP contribution in [-0.4, -0.2) is 16.3 Å². The summed E-state index contributed by atoms with van der Waals surface area (Å²) in [5.74, 6) is 0.845. The molecule has 0 saturated heterocycles. The first kappa shape index (κ1) is 14.9. The molecule has 1 saturated carbocycles. The van der Waals surface area contributed by atoms with Crippen molar-refractivity contribution in [2.75, 3.05) is 6.61 Å². The molecule has 0 spiro atoms. The Balaban J connectivity index is 1.97. The molecular weight excluding hydrogens is 278 g/mol. The van der Waals surface area contributed by atoms with Gasteiger partial charge in [-0.25, -0.2) is 0 Å². The number of aliphatic hydroxyl groups excluding tert-OH is 1. The number of pyridine rings is 1. The molecule has 0 bridgehead atoms. The van der Waals surface area contributed by atoms with Crippen LogP contribution in [0.15, 0.2) is 41.2 Å². The Kier molecular flexibility index (Phi) is 4.29. The van der Waals surface area contributed by atoms with Crippen LogP contribution in [0.2, 0.25) is 0 Å². The Morgan fingerprint density at radius 2 is 1.91 bits per heavy atom. The third kappa shape index (κ3) is 2.92. The monoisotopic (exact) mass is 299 g/mol. The second-order valence-electron chi connectivity index (χ2n) is 5.68. The van der Waals surface area contributed by atoms with Gasteiger partial charge in [0.15, 0.2) is 0 Å². The first-order chi connectivity index (χ1) is 10.7. The average molecular weight is 299 g/mol. The van der Waals surface area contributed by atoms with Crippen molar-refractivity contribution in [1.29, 1.82) is 0 Å². The Morgan fingerprint density at radius 3 is 2.50 bits per heavy atom. The van der Waals surface area contributed by atoms with Crippen LogP contribution in [0.25, 0.3) is 11.3 Å². The van der Waals surface area contributed by atoms with Gasteiger partial charge in [-0.05, 0) is 61.2 Å². The van der Waals surface area contributed by atoms with Crippen molar-refractivity contribution in [3.05, 3.63) is 52.3 Å². The molecule has 22 heavy (non-hydrogen) atoms. The van der Waals surface area contributed by atoms with E-state index in [1.54, 1.807) is 6.07 Å². The highest BCUT2D eigenvalue weighted by atomic mass is 16.5. The lowest BCUT2D eigenvalue weighted by Crippen LogP contribution is -2.24. The minimum absolute atomic E-state index is 0.0752. The van der Waals surface area contributed by atoms with Crippen LogP contribution < -0.4 is 10.3 Å². The van der Waals surface area contributed by atoms with Gasteiger partial charge >= 0.3 is 0 Å². The standard InChI is InChI=1S/C18H21NO3/c1-2-11-22-16-8-3-13(4-9-16)17-10-5-14(12-20)18(21)19(17)15-6-7-15/h3-5,8-10,15,20H,2,6-7,11-12H2,1H3. The Morgan fingerprint density at radius 1 is 1.18 bits per heavy atom. The third-order valence-corrected chi connectivity index (χ3v) is 3.90. The summed E-state index contributed by atoms with van der Waals surface area (Å²) in [6, 6.07) is 11.8. The molecule has 1 fully saturated rings. The van der Waals surface area contributed by atoms with Crippen LogP contribution in [0.5, 0.6) is 5.75 Å². The van der Waals surface area contributed by atoms with Crippen molar-refractivity contribution < 1.29 is 9.84 Å². The summed E-state index contributed by atoms with van der Waals surface area (Å²) in [4.78, 5) is 12.5. The predicted octanol–water partition coefficient (Wildman–Crippen LogP) is 3.13. The van der Waals surface area contributed by atoms with Crippen molar-refractivity contribution in [3.63, 3.8) is 0 Å². The number of aliphatic hydroxyl groups is 1. The molecule has 1 aromatic carbocycles. The van der Waals surface area contributed by atoms with E-state index >= 15 is 0 Å². The molecule has 1 aliphatic rings. The Hall–Kier alpha value is -2.07. The lowest BCUT2D eigenvalue weighted by molar-refractivity contribution is 0.279. The maximum atomic E-state index is 12.5. The fraction of sp³-hybridized carbons (Fsp3) is 0.389. The first-order valence-electron chi connectivity index (χ1n) is 7.83. The molecule has 1 heterocycles. The molecule has 4 nitrogen and oxygen atoms in total. The van der Waals surface area contributed by atoms with Crippen LogP contribution in [-0.2, 0) is 6.61 Å². The number of aromatic nitrogens is 1. The Bertz CT molecular complexity index is 699. The fourth-order valence-electron chi connectivity index (χ4n) is 2.59. The minimum Gasteiger partial charge on any atom is -0.494 e. The predicted molar refractivity (Wildman–Crippen MR) is 86.1 cm³/mol. The van der Waals surface area contributed by atoms with Gasteiger partial charge in [0.2, 0.25) is 0 Å². The number of rotatable bonds is 6. The molecule has 3 rings (SSSR count). The van der Waals surface area contributed by atoms with Gasteiger partial charge in [-0.2, -0.15) is 0 Å². The molecule has 0 aliphatic heterocycles. The van der Waals surface area contributed by atoms with Crippen LogP contribution in [0.3, 0.4) is 0 Å². The van der Waals surface area contributed by atoms with E-state index in [0.29, 0.717) is 12.2 Å².